The number of carboxylic acids is 1. The minimum Gasteiger partial charge on any atom is -0.481 e. The lowest BCUT2D eigenvalue weighted by Gasteiger charge is -2.32. The number of aromatic nitrogens is 2. The Balaban J connectivity index is 1.50. The molecule has 2 aromatic carbocycles. The van der Waals surface area contributed by atoms with E-state index < -0.39 is 5.97 Å². The van der Waals surface area contributed by atoms with Crippen molar-refractivity contribution in [3.8, 4) is 11.8 Å². The van der Waals surface area contributed by atoms with Crippen LogP contribution in [0.15, 0.2) is 48.7 Å². The summed E-state index contributed by atoms with van der Waals surface area (Å²) in [6.07, 6.45) is 2.49. The largest absolute Gasteiger partial charge is 0.481 e. The Kier molecular flexibility index (Phi) is 6.09. The highest BCUT2D eigenvalue weighted by Crippen LogP contribution is 2.29. The molecule has 0 atom stereocenters. The fourth-order valence-electron chi connectivity index (χ4n) is 4.02. The number of benzene rings is 2. The van der Waals surface area contributed by atoms with Gasteiger partial charge in [0.05, 0.1) is 40.3 Å². The van der Waals surface area contributed by atoms with Gasteiger partial charge in [-0.15, -0.1) is 0 Å². The molecule has 1 amide bonds. The predicted octanol–water partition coefficient (Wildman–Crippen LogP) is 3.74. The van der Waals surface area contributed by atoms with Crippen LogP contribution in [0.1, 0.15) is 34.5 Å². The van der Waals surface area contributed by atoms with Crippen LogP contribution in [-0.4, -0.2) is 39.9 Å². The van der Waals surface area contributed by atoms with Crippen LogP contribution in [0, 0.1) is 30.0 Å². The molecule has 1 fully saturated rings. The smallest absolute Gasteiger partial charge is 0.306 e. The first kappa shape index (κ1) is 22.0. The molecule has 33 heavy (non-hydrogen) atoms. The van der Waals surface area contributed by atoms with Crippen molar-refractivity contribution in [3.05, 3.63) is 71.3 Å². The summed E-state index contributed by atoms with van der Waals surface area (Å²) in [5, 5.41) is 25.8. The first-order valence-electron chi connectivity index (χ1n) is 10.5. The number of carbonyl (C=O) groups is 2. The van der Waals surface area contributed by atoms with E-state index in [9.17, 15) is 24.3 Å². The highest BCUT2D eigenvalue weighted by molar-refractivity contribution is 6.05. The number of nitrogens with zero attached hydrogens (tertiary/aromatic N) is 4. The zero-order valence-corrected chi connectivity index (χ0v) is 18.0. The molecule has 3 aromatic rings. The van der Waals surface area contributed by atoms with Gasteiger partial charge in [-0.25, -0.2) is 9.07 Å². The summed E-state index contributed by atoms with van der Waals surface area (Å²) in [6.45, 7) is 2.86. The third-order valence-electron chi connectivity index (χ3n) is 5.89. The maximum absolute atomic E-state index is 13.2. The molecule has 9 heteroatoms. The van der Waals surface area contributed by atoms with Crippen LogP contribution in [0.4, 0.5) is 15.8 Å². The Hall–Kier alpha value is -4.19. The molecule has 0 spiro atoms. The number of hydrogen-bond donors (Lipinski definition) is 2. The number of carbonyl (C=O) groups excluding carboxylic acids is 1. The first-order chi connectivity index (χ1) is 15.9. The Morgan fingerprint density at radius 2 is 1.88 bits per heavy atom. The summed E-state index contributed by atoms with van der Waals surface area (Å²) in [7, 11) is 0. The fourth-order valence-corrected chi connectivity index (χ4v) is 4.02. The molecule has 4 rings (SSSR count). The van der Waals surface area contributed by atoms with Crippen molar-refractivity contribution in [1.29, 1.82) is 5.26 Å². The number of aliphatic carboxylic acids is 1. The molecule has 168 valence electrons. The van der Waals surface area contributed by atoms with E-state index in [1.165, 1.54) is 18.3 Å². The second-order valence-electron chi connectivity index (χ2n) is 7.93. The highest BCUT2D eigenvalue weighted by Gasteiger charge is 2.26. The van der Waals surface area contributed by atoms with Crippen molar-refractivity contribution in [2.45, 2.75) is 19.8 Å². The van der Waals surface area contributed by atoms with Crippen LogP contribution in [0.3, 0.4) is 0 Å². The van der Waals surface area contributed by atoms with E-state index in [4.69, 9.17) is 0 Å². The molecular weight excluding hydrogens is 425 g/mol. The quantitative estimate of drug-likeness (QED) is 0.616. The average Bonchev–Trinajstić information content (AvgIpc) is 3.21. The maximum atomic E-state index is 13.2. The second kappa shape index (κ2) is 9.12. The number of hydrogen-bond acceptors (Lipinski definition) is 5. The van der Waals surface area contributed by atoms with Crippen LogP contribution in [0.2, 0.25) is 0 Å². The predicted molar refractivity (Wildman–Crippen MR) is 120 cm³/mol. The molecule has 8 nitrogen and oxygen atoms in total. The van der Waals surface area contributed by atoms with Gasteiger partial charge < -0.3 is 15.3 Å². The lowest BCUT2D eigenvalue weighted by atomic mass is 9.96. The number of amides is 1. The number of nitrogens with one attached hydrogen (secondary N) is 1. The molecule has 1 aliphatic heterocycles. The number of anilines is 2. The molecule has 2 N–H and O–H groups in total. The molecule has 0 unspecified atom stereocenters. The standard InChI is InChI=1S/C24H22FN5O3/c1-15-21(14-27-30(15)20-5-2-18(25)3-6-20)23(31)28-19-4-7-22(17(12-19)13-26)29-10-8-16(9-11-29)24(32)33/h2-7,12,14,16H,8-11H2,1H3,(H,28,31)(H,32,33). The van der Waals surface area contributed by atoms with Crippen LogP contribution < -0.4 is 10.2 Å². The zero-order chi connectivity index (χ0) is 23.5. The normalized spacial score (nSPS) is 14.0. The lowest BCUT2D eigenvalue weighted by Crippen LogP contribution is -2.36. The van der Waals surface area contributed by atoms with Crippen molar-refractivity contribution in [1.82, 2.24) is 9.78 Å². The second-order valence-corrected chi connectivity index (χ2v) is 7.93. The average molecular weight is 447 g/mol. The van der Waals surface area contributed by atoms with Crippen molar-refractivity contribution in [2.24, 2.45) is 5.92 Å². The van der Waals surface area contributed by atoms with Crippen molar-refractivity contribution in [2.75, 3.05) is 23.3 Å². The molecular formula is C24H22FN5O3. The number of rotatable bonds is 5. The topological polar surface area (TPSA) is 111 Å². The van der Waals surface area contributed by atoms with E-state index >= 15 is 0 Å². The van der Waals surface area contributed by atoms with Crippen LogP contribution >= 0.6 is 0 Å². The zero-order valence-electron chi connectivity index (χ0n) is 18.0. The Morgan fingerprint density at radius 3 is 2.52 bits per heavy atom. The summed E-state index contributed by atoms with van der Waals surface area (Å²) >= 11 is 0. The Labute approximate surface area is 189 Å². The molecule has 2 heterocycles. The van der Waals surface area contributed by atoms with E-state index in [2.05, 4.69) is 16.5 Å². The number of nitriles is 1. The molecule has 1 aromatic heterocycles. The molecule has 0 bridgehead atoms. The molecule has 0 saturated carbocycles. The summed E-state index contributed by atoms with van der Waals surface area (Å²) in [5.41, 5.74) is 3.18. The van der Waals surface area contributed by atoms with Gasteiger partial charge in [0.25, 0.3) is 5.91 Å². The van der Waals surface area contributed by atoms with Crippen molar-refractivity contribution >= 4 is 23.3 Å². The SMILES string of the molecule is Cc1c(C(=O)Nc2ccc(N3CCC(C(=O)O)CC3)c(C#N)c2)cnn1-c1ccc(F)cc1. The Morgan fingerprint density at radius 1 is 1.18 bits per heavy atom. The van der Waals surface area contributed by atoms with Gasteiger partial charge in [0.2, 0.25) is 0 Å². The number of piperidine rings is 1. The van der Waals surface area contributed by atoms with Crippen molar-refractivity contribution in [3.63, 3.8) is 0 Å². The van der Waals surface area contributed by atoms with Gasteiger partial charge in [-0.2, -0.15) is 10.4 Å². The van der Waals surface area contributed by atoms with Crippen LogP contribution in [0.25, 0.3) is 5.69 Å². The molecule has 0 aliphatic carbocycles. The van der Waals surface area contributed by atoms with E-state index in [0.29, 0.717) is 54.1 Å². The molecule has 1 aliphatic rings. The van der Waals surface area contributed by atoms with E-state index in [1.807, 2.05) is 4.90 Å². The van der Waals surface area contributed by atoms with Crippen LogP contribution in [-0.2, 0) is 4.79 Å². The van der Waals surface area contributed by atoms with Crippen LogP contribution in [0.5, 0.6) is 0 Å². The molecule has 0 radical (unpaired) electrons. The van der Waals surface area contributed by atoms with E-state index in [0.717, 1.165) is 5.69 Å². The van der Waals surface area contributed by atoms with Gasteiger partial charge in [0.15, 0.2) is 0 Å². The first-order valence-corrected chi connectivity index (χ1v) is 10.5. The van der Waals surface area contributed by atoms with Gasteiger partial charge in [-0.05, 0) is 62.2 Å². The Bertz CT molecular complexity index is 1240. The lowest BCUT2D eigenvalue weighted by molar-refractivity contribution is -0.142. The van der Waals surface area contributed by atoms with Gasteiger partial charge >= 0.3 is 5.97 Å². The van der Waals surface area contributed by atoms with Gasteiger partial charge in [0, 0.05) is 18.8 Å². The monoisotopic (exact) mass is 447 g/mol. The maximum Gasteiger partial charge on any atom is 0.306 e. The van der Waals surface area contributed by atoms with E-state index in [-0.39, 0.29) is 17.6 Å². The third kappa shape index (κ3) is 4.55. The van der Waals surface area contributed by atoms with Gasteiger partial charge in [-0.1, -0.05) is 0 Å². The number of halogens is 1. The van der Waals surface area contributed by atoms with Crippen molar-refractivity contribution < 1.29 is 19.1 Å². The molecule has 1 saturated heterocycles. The van der Waals surface area contributed by atoms with E-state index in [1.54, 1.807) is 41.9 Å². The fraction of sp³-hybridized carbons (Fsp3) is 0.250. The van der Waals surface area contributed by atoms with Gasteiger partial charge in [-0.3, -0.25) is 9.59 Å². The summed E-state index contributed by atoms with van der Waals surface area (Å²) in [4.78, 5) is 26.0. The minimum absolute atomic E-state index is 0.357. The summed E-state index contributed by atoms with van der Waals surface area (Å²) < 4.78 is 14.7. The number of carboxylic acid groups (broad SMARTS) is 1. The van der Waals surface area contributed by atoms with Gasteiger partial charge in [0.1, 0.15) is 11.9 Å². The summed E-state index contributed by atoms with van der Waals surface area (Å²) in [5.74, 6) is -1.88. The third-order valence-corrected chi connectivity index (χ3v) is 5.89. The summed E-state index contributed by atoms with van der Waals surface area (Å²) in [6, 6.07) is 13.1. The minimum atomic E-state index is -0.786. The highest BCUT2D eigenvalue weighted by atomic mass is 19.1.